The lowest BCUT2D eigenvalue weighted by molar-refractivity contribution is 1.30. The summed E-state index contributed by atoms with van der Waals surface area (Å²) in [6, 6.07) is 118. The highest BCUT2D eigenvalue weighted by Crippen LogP contribution is 2.50. The number of hydrogen-bond donors (Lipinski definition) is 0. The lowest BCUT2D eigenvalue weighted by Gasteiger charge is -2.30. The normalized spacial score (nSPS) is 11.9. The number of hydrogen-bond acceptors (Lipinski definition) is 6. The second-order valence-corrected chi connectivity index (χ2v) is 28.2. The van der Waals surface area contributed by atoms with Gasteiger partial charge >= 0.3 is 0 Å². The van der Waals surface area contributed by atoms with E-state index in [4.69, 9.17) is 0 Å². The largest absolute Gasteiger partial charge is 0.309 e. The van der Waals surface area contributed by atoms with E-state index in [1.54, 1.807) is 0 Å². The molecule has 19 aromatic rings. The van der Waals surface area contributed by atoms with E-state index in [9.17, 15) is 0 Å². The van der Waals surface area contributed by atoms with Gasteiger partial charge in [-0.3, -0.25) is 0 Å². The molecular formula is C86H52N2S4. The van der Waals surface area contributed by atoms with E-state index in [-0.39, 0.29) is 0 Å². The molecule has 0 bridgehead atoms. The molecular weight excluding hydrogens is 1190 g/mol. The van der Waals surface area contributed by atoms with E-state index >= 15 is 0 Å². The Balaban J connectivity index is 0.752. The van der Waals surface area contributed by atoms with Crippen LogP contribution in [0.1, 0.15) is 0 Å². The van der Waals surface area contributed by atoms with Crippen LogP contribution in [0.4, 0.5) is 34.1 Å². The van der Waals surface area contributed by atoms with Crippen LogP contribution in [0.3, 0.4) is 0 Å². The van der Waals surface area contributed by atoms with Gasteiger partial charge < -0.3 is 9.80 Å². The Labute approximate surface area is 547 Å². The van der Waals surface area contributed by atoms with E-state index in [1.807, 2.05) is 45.3 Å². The van der Waals surface area contributed by atoms with Crippen molar-refractivity contribution in [1.82, 2.24) is 0 Å². The second-order valence-electron chi connectivity index (χ2n) is 23.9. The van der Waals surface area contributed by atoms with Crippen molar-refractivity contribution in [3.63, 3.8) is 0 Å². The van der Waals surface area contributed by atoms with Crippen LogP contribution in [0, 0.1) is 0 Å². The van der Waals surface area contributed by atoms with Crippen LogP contribution >= 0.6 is 45.3 Å². The number of rotatable bonds is 10. The van der Waals surface area contributed by atoms with Gasteiger partial charge in [-0.25, -0.2) is 0 Å². The third-order valence-electron chi connectivity index (χ3n) is 18.7. The van der Waals surface area contributed by atoms with Crippen molar-refractivity contribution in [1.29, 1.82) is 0 Å². The molecule has 4 aromatic heterocycles. The average Bonchev–Trinajstić information content (AvgIpc) is 1.33. The van der Waals surface area contributed by atoms with Gasteiger partial charge in [0, 0.05) is 114 Å². The summed E-state index contributed by atoms with van der Waals surface area (Å²) < 4.78 is 10.3. The lowest BCUT2D eigenvalue weighted by atomic mass is 9.94. The van der Waals surface area contributed by atoms with Crippen molar-refractivity contribution in [2.24, 2.45) is 0 Å². The highest BCUT2D eigenvalue weighted by molar-refractivity contribution is 7.27. The monoisotopic (exact) mass is 1240 g/mol. The van der Waals surface area contributed by atoms with Crippen LogP contribution in [-0.4, -0.2) is 0 Å². The summed E-state index contributed by atoms with van der Waals surface area (Å²) in [6.45, 7) is 0. The van der Waals surface area contributed by atoms with E-state index in [1.165, 1.54) is 136 Å². The summed E-state index contributed by atoms with van der Waals surface area (Å²) in [5.74, 6) is 0. The molecule has 0 aliphatic rings. The Kier molecular flexibility index (Phi) is 12.4. The quantitative estimate of drug-likeness (QED) is 0.135. The van der Waals surface area contributed by atoms with Gasteiger partial charge in [0.05, 0.1) is 22.7 Å². The molecule has 6 heteroatoms. The van der Waals surface area contributed by atoms with Crippen molar-refractivity contribution in [3.05, 3.63) is 315 Å². The van der Waals surface area contributed by atoms with Gasteiger partial charge in [0.1, 0.15) is 0 Å². The fourth-order valence-corrected chi connectivity index (χ4v) is 18.8. The van der Waals surface area contributed by atoms with Crippen molar-refractivity contribution in [2.45, 2.75) is 0 Å². The SMILES string of the molecule is c1ccc(N(c2ccc3c(c2)sc2ccccc23)c2cccc3ccccc23)c(-c2ccc3c(c2)sc2ccc(-c4ccc(-c5ccc6c(c5)sc5ccccc56)c(N(c5ccc(-c6ccc7sc8ccccc8c7c6)cc5)c5cccc6ccccc56)c4)cc23)c1. The summed E-state index contributed by atoms with van der Waals surface area (Å²) in [7, 11) is 0. The molecule has 2 nitrogen and oxygen atoms in total. The van der Waals surface area contributed by atoms with Crippen molar-refractivity contribution < 1.29 is 0 Å². The Morgan fingerprint density at radius 1 is 0.174 bits per heavy atom. The molecule has 0 saturated heterocycles. The third-order valence-corrected chi connectivity index (χ3v) is 23.2. The van der Waals surface area contributed by atoms with Gasteiger partial charge in [0.2, 0.25) is 0 Å². The predicted molar refractivity (Wildman–Crippen MR) is 404 cm³/mol. The number of nitrogens with zero attached hydrogens (tertiary/aromatic N) is 2. The first-order valence-corrected chi connectivity index (χ1v) is 34.4. The minimum Gasteiger partial charge on any atom is -0.309 e. The van der Waals surface area contributed by atoms with E-state index in [2.05, 4.69) is 325 Å². The predicted octanol–water partition coefficient (Wildman–Crippen LogP) is 27.1. The van der Waals surface area contributed by atoms with Gasteiger partial charge in [-0.15, -0.1) is 45.3 Å². The molecule has 15 aromatic carbocycles. The topological polar surface area (TPSA) is 6.48 Å². The van der Waals surface area contributed by atoms with Crippen LogP contribution in [0.15, 0.2) is 315 Å². The van der Waals surface area contributed by atoms with Crippen LogP contribution in [0.2, 0.25) is 0 Å². The average molecular weight is 1240 g/mol. The Morgan fingerprint density at radius 3 is 1.13 bits per heavy atom. The minimum absolute atomic E-state index is 1.09. The maximum absolute atomic E-state index is 2.51. The smallest absolute Gasteiger partial charge is 0.0546 e. The molecule has 430 valence electrons. The zero-order valence-corrected chi connectivity index (χ0v) is 52.8. The molecule has 0 atom stereocenters. The summed E-state index contributed by atoms with van der Waals surface area (Å²) in [5.41, 5.74) is 16.1. The maximum Gasteiger partial charge on any atom is 0.0546 e. The molecule has 0 amide bonds. The fraction of sp³-hybridized carbons (Fsp3) is 0. The van der Waals surface area contributed by atoms with Crippen LogP contribution in [0.25, 0.3) is 147 Å². The summed E-state index contributed by atoms with van der Waals surface area (Å²) >= 11 is 7.47. The zero-order valence-electron chi connectivity index (χ0n) is 49.5. The molecule has 19 rings (SSSR count). The van der Waals surface area contributed by atoms with Crippen molar-refractivity contribution >= 4 is 182 Å². The van der Waals surface area contributed by atoms with E-state index in [0.29, 0.717) is 0 Å². The molecule has 0 radical (unpaired) electrons. The molecule has 0 unspecified atom stereocenters. The first kappa shape index (κ1) is 53.2. The van der Waals surface area contributed by atoms with Crippen LogP contribution in [-0.2, 0) is 0 Å². The highest BCUT2D eigenvalue weighted by Gasteiger charge is 2.24. The summed E-state index contributed by atoms with van der Waals surface area (Å²) in [5, 5.41) is 15.1. The standard InChI is InChI=1S/C86H52N2S4/c1-3-19-63-54(15-1)17-13-26-76(63)87(61-38-31-53(32-39-61)56-36-45-82-73(47-56)69-24-8-12-30-81(69)89-82)78-49-58(33-41-66(78)60-34-42-70-67-22-6-10-28-79(67)90-84(70)51-60)57-37-46-83-74(48-57)72-43-35-59(50-85(72)92-83)65-21-5-9-25-75(65)88(77-27-14-18-55-16-2-4-20-64(55)77)62-40-44-71-68-23-7-11-29-80(68)91-86(71)52-62/h1-52H. The summed E-state index contributed by atoms with van der Waals surface area (Å²) in [6.07, 6.45) is 0. The van der Waals surface area contributed by atoms with Crippen LogP contribution in [0.5, 0.6) is 0 Å². The van der Waals surface area contributed by atoms with E-state index in [0.717, 1.165) is 45.3 Å². The molecule has 0 aliphatic heterocycles. The molecule has 0 saturated carbocycles. The maximum atomic E-state index is 2.51. The van der Waals surface area contributed by atoms with E-state index < -0.39 is 0 Å². The minimum atomic E-state index is 1.09. The summed E-state index contributed by atoms with van der Waals surface area (Å²) in [4.78, 5) is 4.99. The Hall–Kier alpha value is -10.7. The number of para-hydroxylation sites is 1. The molecule has 0 N–H and O–H groups in total. The van der Waals surface area contributed by atoms with Gasteiger partial charge in [-0.1, -0.05) is 212 Å². The molecule has 0 spiro atoms. The number of thiophene rings is 4. The van der Waals surface area contributed by atoms with Gasteiger partial charge in [0.15, 0.2) is 0 Å². The number of fused-ring (bicyclic) bond motifs is 14. The fourth-order valence-electron chi connectivity index (χ4n) is 14.3. The number of benzene rings is 15. The number of anilines is 6. The Morgan fingerprint density at radius 2 is 0.533 bits per heavy atom. The third kappa shape index (κ3) is 8.78. The van der Waals surface area contributed by atoms with Gasteiger partial charge in [-0.2, -0.15) is 0 Å². The molecule has 0 aliphatic carbocycles. The Bertz CT molecular complexity index is 6170. The van der Waals surface area contributed by atoms with Gasteiger partial charge in [-0.05, 0) is 147 Å². The zero-order chi connectivity index (χ0) is 60.4. The second kappa shape index (κ2) is 21.5. The molecule has 0 fully saturated rings. The molecule has 4 heterocycles. The highest BCUT2D eigenvalue weighted by atomic mass is 32.1. The van der Waals surface area contributed by atoms with Crippen LogP contribution < -0.4 is 9.80 Å². The first-order valence-electron chi connectivity index (χ1n) is 31.2. The van der Waals surface area contributed by atoms with Crippen molar-refractivity contribution in [3.8, 4) is 44.5 Å². The molecule has 92 heavy (non-hydrogen) atoms. The van der Waals surface area contributed by atoms with Gasteiger partial charge in [0.25, 0.3) is 0 Å². The van der Waals surface area contributed by atoms with Crippen molar-refractivity contribution in [2.75, 3.05) is 9.80 Å². The lowest BCUT2D eigenvalue weighted by Crippen LogP contribution is -2.12. The first-order chi connectivity index (χ1) is 45.6.